The van der Waals surface area contributed by atoms with E-state index in [1.54, 1.807) is 6.92 Å². The molecule has 0 rings (SSSR count). The first kappa shape index (κ1) is 9.09. The first-order valence-corrected chi connectivity index (χ1v) is 3.37. The van der Waals surface area contributed by atoms with Crippen LogP contribution in [0.15, 0.2) is 0 Å². The van der Waals surface area contributed by atoms with E-state index in [1.165, 1.54) is 0 Å². The number of rotatable bonds is 1. The summed E-state index contributed by atoms with van der Waals surface area (Å²) in [4.78, 5) is 10.4. The van der Waals surface area contributed by atoms with Crippen LogP contribution in [-0.2, 0) is 4.18 Å². The lowest BCUT2D eigenvalue weighted by Gasteiger charge is -1.99. The number of carbonyl (C=O) groups excluding carboxylic acids is 1. The van der Waals surface area contributed by atoms with Crippen LogP contribution in [0.1, 0.15) is 6.92 Å². The van der Waals surface area contributed by atoms with Gasteiger partial charge in [0.15, 0.2) is 5.17 Å². The molecular weight excluding hydrogens is 154 g/mol. The highest BCUT2D eigenvalue weighted by Crippen LogP contribution is 1.99. The van der Waals surface area contributed by atoms with E-state index in [0.717, 1.165) is 0 Å². The number of hydrogen-bond donors (Lipinski definition) is 3. The lowest BCUT2D eigenvalue weighted by Crippen LogP contribution is -2.22. The molecule has 0 bridgehead atoms. The Balaban J connectivity index is 3.30. The Hall–Kier alpha value is -0.910. The van der Waals surface area contributed by atoms with Gasteiger partial charge in [-0.3, -0.25) is 5.41 Å². The molecule has 0 aromatic carbocycles. The largest absolute Gasteiger partial charge is 0.419 e. The van der Waals surface area contributed by atoms with Gasteiger partial charge in [-0.05, 0) is 6.92 Å². The first-order chi connectivity index (χ1) is 4.66. The molecule has 0 atom stereocenters. The molecule has 5 nitrogen and oxygen atoms in total. The minimum Gasteiger partial charge on any atom is -0.376 e. The van der Waals surface area contributed by atoms with Gasteiger partial charge < -0.3 is 15.2 Å². The minimum absolute atomic E-state index is 0.244. The summed E-state index contributed by atoms with van der Waals surface area (Å²) in [6, 6.07) is 0. The minimum atomic E-state index is -0.581. The van der Waals surface area contributed by atoms with E-state index in [1.807, 2.05) is 0 Å². The van der Waals surface area contributed by atoms with Gasteiger partial charge in [0.2, 0.25) is 0 Å². The molecule has 0 aliphatic rings. The van der Waals surface area contributed by atoms with Crippen LogP contribution < -0.4 is 11.1 Å². The molecular formula is C4H9N3O2S. The Labute approximate surface area is 63.0 Å². The maximum Gasteiger partial charge on any atom is 0.419 e. The van der Waals surface area contributed by atoms with E-state index in [4.69, 9.17) is 11.1 Å². The number of nitrogens with two attached hydrogens (primary N) is 1. The zero-order valence-electron chi connectivity index (χ0n) is 5.51. The Bertz CT molecular complexity index is 138. The van der Waals surface area contributed by atoms with Gasteiger partial charge in [0.1, 0.15) is 12.0 Å². The molecule has 6 heteroatoms. The van der Waals surface area contributed by atoms with E-state index in [0.29, 0.717) is 18.6 Å². The number of carbonyl (C=O) groups is 1. The highest BCUT2D eigenvalue weighted by molar-refractivity contribution is 8.09. The third-order valence-electron chi connectivity index (χ3n) is 0.528. The Morgan fingerprint density at radius 2 is 2.50 bits per heavy atom. The molecule has 0 aliphatic heterocycles. The lowest BCUT2D eigenvalue weighted by atomic mass is 10.8. The maximum atomic E-state index is 10.4. The second-order valence-electron chi connectivity index (χ2n) is 1.35. The Kier molecular flexibility index (Phi) is 4.47. The molecule has 0 spiro atoms. The van der Waals surface area contributed by atoms with Crippen molar-refractivity contribution in [3.8, 4) is 0 Å². The predicted octanol–water partition coefficient (Wildman–Crippen LogP) is 0.274. The van der Waals surface area contributed by atoms with Crippen molar-refractivity contribution < 1.29 is 8.98 Å². The molecule has 10 heavy (non-hydrogen) atoms. The molecule has 0 saturated heterocycles. The average molecular weight is 163 g/mol. The van der Waals surface area contributed by atoms with Crippen LogP contribution in [-0.4, -0.2) is 17.8 Å². The molecule has 4 N–H and O–H groups in total. The lowest BCUT2D eigenvalue weighted by molar-refractivity contribution is 0.209. The summed E-state index contributed by atoms with van der Waals surface area (Å²) in [5, 5.41) is 8.78. The SMILES string of the molecule is CCNC(=O)OSC(=N)N. The van der Waals surface area contributed by atoms with Crippen molar-refractivity contribution in [2.45, 2.75) is 6.92 Å². The molecule has 58 valence electrons. The Morgan fingerprint density at radius 1 is 1.90 bits per heavy atom. The smallest absolute Gasteiger partial charge is 0.376 e. The van der Waals surface area contributed by atoms with Gasteiger partial charge in [-0.1, -0.05) is 0 Å². The quantitative estimate of drug-likeness (QED) is 0.294. The van der Waals surface area contributed by atoms with Crippen molar-refractivity contribution in [3.63, 3.8) is 0 Å². The van der Waals surface area contributed by atoms with Crippen LogP contribution >= 0.6 is 12.0 Å². The van der Waals surface area contributed by atoms with Crippen molar-refractivity contribution in [1.29, 1.82) is 5.41 Å². The van der Waals surface area contributed by atoms with Crippen molar-refractivity contribution >= 4 is 23.3 Å². The van der Waals surface area contributed by atoms with Gasteiger partial charge in [-0.25, -0.2) is 4.79 Å². The molecule has 0 unspecified atom stereocenters. The first-order valence-electron chi connectivity index (χ1n) is 2.63. The van der Waals surface area contributed by atoms with Gasteiger partial charge in [-0.2, -0.15) is 0 Å². The van der Waals surface area contributed by atoms with Gasteiger partial charge in [0, 0.05) is 6.54 Å². The third kappa shape index (κ3) is 5.23. The van der Waals surface area contributed by atoms with Crippen LogP contribution in [0.25, 0.3) is 0 Å². The zero-order valence-corrected chi connectivity index (χ0v) is 6.33. The number of hydrogen-bond acceptors (Lipinski definition) is 4. The molecule has 0 fully saturated rings. The summed E-state index contributed by atoms with van der Waals surface area (Å²) in [6.45, 7) is 2.26. The van der Waals surface area contributed by atoms with Crippen molar-refractivity contribution in [2.75, 3.05) is 6.54 Å². The molecule has 0 aromatic heterocycles. The summed E-state index contributed by atoms with van der Waals surface area (Å²) in [6.07, 6.45) is -0.581. The number of amidine groups is 1. The van der Waals surface area contributed by atoms with E-state index in [2.05, 4.69) is 9.50 Å². The standard InChI is InChI=1S/C4H9N3O2S/c1-2-7-4(8)9-10-3(5)6/h2H2,1H3,(H3,5,6)(H,7,8). The molecule has 0 radical (unpaired) electrons. The topological polar surface area (TPSA) is 88.2 Å². The van der Waals surface area contributed by atoms with Crippen molar-refractivity contribution in [2.24, 2.45) is 5.73 Å². The highest BCUT2D eigenvalue weighted by Gasteiger charge is 2.00. The van der Waals surface area contributed by atoms with Gasteiger partial charge in [0.05, 0.1) is 0 Å². The van der Waals surface area contributed by atoms with Crippen molar-refractivity contribution in [3.05, 3.63) is 0 Å². The number of nitrogens with one attached hydrogen (secondary N) is 2. The summed E-state index contributed by atoms with van der Waals surface area (Å²) in [5.74, 6) is 0. The average Bonchev–Trinajstić information content (AvgIpc) is 1.85. The maximum absolute atomic E-state index is 10.4. The summed E-state index contributed by atoms with van der Waals surface area (Å²) in [7, 11) is 0. The highest BCUT2D eigenvalue weighted by atomic mass is 32.2. The third-order valence-corrected chi connectivity index (χ3v) is 0.943. The molecule has 0 heterocycles. The second kappa shape index (κ2) is 4.92. The predicted molar refractivity (Wildman–Crippen MR) is 39.7 cm³/mol. The van der Waals surface area contributed by atoms with E-state index >= 15 is 0 Å². The van der Waals surface area contributed by atoms with E-state index in [9.17, 15) is 4.79 Å². The van der Waals surface area contributed by atoms with Gasteiger partial charge in [0.25, 0.3) is 0 Å². The molecule has 0 aliphatic carbocycles. The summed E-state index contributed by atoms with van der Waals surface area (Å²) >= 11 is 0.528. The fourth-order valence-corrected chi connectivity index (χ4v) is 0.481. The van der Waals surface area contributed by atoms with Gasteiger partial charge >= 0.3 is 6.09 Å². The zero-order chi connectivity index (χ0) is 7.98. The molecule has 1 amide bonds. The molecule has 0 saturated carbocycles. The van der Waals surface area contributed by atoms with Crippen LogP contribution in [0, 0.1) is 5.41 Å². The Morgan fingerprint density at radius 3 is 2.90 bits per heavy atom. The second-order valence-corrected chi connectivity index (χ2v) is 2.12. The van der Waals surface area contributed by atoms with E-state index in [-0.39, 0.29) is 5.17 Å². The fourth-order valence-electron chi connectivity index (χ4n) is 0.257. The normalized spacial score (nSPS) is 8.50. The summed E-state index contributed by atoms with van der Waals surface area (Å²) in [5.41, 5.74) is 4.88. The van der Waals surface area contributed by atoms with Crippen LogP contribution in [0.4, 0.5) is 4.79 Å². The van der Waals surface area contributed by atoms with Crippen LogP contribution in [0.3, 0.4) is 0 Å². The molecule has 0 aromatic rings. The van der Waals surface area contributed by atoms with E-state index < -0.39 is 6.09 Å². The number of amides is 1. The summed E-state index contributed by atoms with van der Waals surface area (Å²) < 4.78 is 4.36. The monoisotopic (exact) mass is 163 g/mol. The van der Waals surface area contributed by atoms with Crippen molar-refractivity contribution in [1.82, 2.24) is 5.32 Å². The van der Waals surface area contributed by atoms with Crippen LogP contribution in [0.2, 0.25) is 0 Å². The fraction of sp³-hybridized carbons (Fsp3) is 0.500. The van der Waals surface area contributed by atoms with Gasteiger partial charge in [-0.15, -0.1) is 0 Å². The van der Waals surface area contributed by atoms with Crippen LogP contribution in [0.5, 0.6) is 0 Å².